The Bertz CT molecular complexity index is 1050. The standard InChI is InChI=1S/C23H28FN3O4S/c1-31-19-8-10-20(11-9-19)32(29,30)27-12-4-5-18(17-27)23(28)26-15-13-25(14-16-26)22-7-3-2-6-21(22)24/h2-3,6-11,18H,4-5,12-17H2,1H3/t18-/m0/s1. The number of amides is 1. The first-order valence-electron chi connectivity index (χ1n) is 10.8. The lowest BCUT2D eigenvalue weighted by Crippen LogP contribution is -2.53. The van der Waals surface area contributed by atoms with Gasteiger partial charge in [-0.2, -0.15) is 4.31 Å². The van der Waals surface area contributed by atoms with Crippen molar-refractivity contribution >= 4 is 21.6 Å². The van der Waals surface area contributed by atoms with Crippen LogP contribution in [0, 0.1) is 11.7 Å². The van der Waals surface area contributed by atoms with Crippen molar-refractivity contribution in [3.05, 3.63) is 54.3 Å². The molecule has 7 nitrogen and oxygen atoms in total. The van der Waals surface area contributed by atoms with E-state index in [0.29, 0.717) is 57.0 Å². The van der Waals surface area contributed by atoms with Gasteiger partial charge in [-0.1, -0.05) is 12.1 Å². The van der Waals surface area contributed by atoms with Gasteiger partial charge >= 0.3 is 0 Å². The number of halogens is 1. The Morgan fingerprint density at radius 3 is 2.34 bits per heavy atom. The molecule has 0 aromatic heterocycles. The van der Waals surface area contributed by atoms with Crippen LogP contribution in [0.5, 0.6) is 5.75 Å². The first kappa shape index (κ1) is 22.5. The molecule has 2 aromatic carbocycles. The van der Waals surface area contributed by atoms with E-state index < -0.39 is 10.0 Å². The lowest BCUT2D eigenvalue weighted by molar-refractivity contribution is -0.137. The van der Waals surface area contributed by atoms with Crippen molar-refractivity contribution in [1.29, 1.82) is 0 Å². The van der Waals surface area contributed by atoms with Crippen LogP contribution < -0.4 is 9.64 Å². The number of methoxy groups -OCH3 is 1. The van der Waals surface area contributed by atoms with Gasteiger partial charge in [0.05, 0.1) is 23.6 Å². The van der Waals surface area contributed by atoms with Crippen molar-refractivity contribution in [3.8, 4) is 5.75 Å². The smallest absolute Gasteiger partial charge is 0.243 e. The van der Waals surface area contributed by atoms with Crippen LogP contribution in [-0.4, -0.2) is 69.9 Å². The summed E-state index contributed by atoms with van der Waals surface area (Å²) >= 11 is 0. The lowest BCUT2D eigenvalue weighted by Gasteiger charge is -2.39. The second kappa shape index (κ2) is 9.46. The summed E-state index contributed by atoms with van der Waals surface area (Å²) in [5.41, 5.74) is 0.550. The maximum absolute atomic E-state index is 14.1. The predicted molar refractivity (Wildman–Crippen MR) is 120 cm³/mol. The van der Waals surface area contributed by atoms with Gasteiger partial charge in [0.15, 0.2) is 0 Å². The highest BCUT2D eigenvalue weighted by atomic mass is 32.2. The van der Waals surface area contributed by atoms with Crippen LogP contribution in [0.3, 0.4) is 0 Å². The number of carbonyl (C=O) groups is 1. The SMILES string of the molecule is COc1ccc(S(=O)(=O)N2CCC[C@H](C(=O)N3CCN(c4ccccc4F)CC3)C2)cc1. The van der Waals surface area contributed by atoms with Crippen LogP contribution in [0.1, 0.15) is 12.8 Å². The third-order valence-corrected chi connectivity index (χ3v) is 8.09. The topological polar surface area (TPSA) is 70.2 Å². The first-order chi connectivity index (χ1) is 15.4. The normalized spacial score (nSPS) is 20.2. The van der Waals surface area contributed by atoms with E-state index in [0.717, 1.165) is 0 Å². The second-order valence-corrected chi connectivity index (χ2v) is 10.1. The highest BCUT2D eigenvalue weighted by molar-refractivity contribution is 7.89. The van der Waals surface area contributed by atoms with Gasteiger partial charge in [-0.15, -0.1) is 0 Å². The van der Waals surface area contributed by atoms with E-state index >= 15 is 0 Å². The van der Waals surface area contributed by atoms with E-state index in [4.69, 9.17) is 4.74 Å². The number of benzene rings is 2. The average Bonchev–Trinajstić information content (AvgIpc) is 2.84. The summed E-state index contributed by atoms with van der Waals surface area (Å²) in [5.74, 6) is -0.0614. The van der Waals surface area contributed by atoms with E-state index in [2.05, 4.69) is 0 Å². The largest absolute Gasteiger partial charge is 0.497 e. The number of ether oxygens (including phenoxy) is 1. The van der Waals surface area contributed by atoms with Gasteiger partial charge in [0, 0.05) is 39.3 Å². The number of nitrogens with zero attached hydrogens (tertiary/aromatic N) is 3. The van der Waals surface area contributed by atoms with Crippen LogP contribution in [0.25, 0.3) is 0 Å². The maximum atomic E-state index is 14.1. The van der Waals surface area contributed by atoms with Crippen molar-refractivity contribution in [2.75, 3.05) is 51.3 Å². The highest BCUT2D eigenvalue weighted by Crippen LogP contribution is 2.27. The van der Waals surface area contributed by atoms with E-state index in [1.807, 2.05) is 4.90 Å². The third kappa shape index (κ3) is 4.59. The van der Waals surface area contributed by atoms with Crippen molar-refractivity contribution in [3.63, 3.8) is 0 Å². The van der Waals surface area contributed by atoms with Gasteiger partial charge < -0.3 is 14.5 Å². The van der Waals surface area contributed by atoms with Gasteiger partial charge in [-0.25, -0.2) is 12.8 Å². The molecule has 2 aromatic rings. The van der Waals surface area contributed by atoms with Crippen molar-refractivity contribution in [2.24, 2.45) is 5.92 Å². The summed E-state index contributed by atoms with van der Waals surface area (Å²) < 4.78 is 46.7. The first-order valence-corrected chi connectivity index (χ1v) is 12.3. The van der Waals surface area contributed by atoms with Crippen LogP contribution in [0.4, 0.5) is 10.1 Å². The number of sulfonamides is 1. The minimum Gasteiger partial charge on any atom is -0.497 e. The van der Waals surface area contributed by atoms with Crippen molar-refractivity contribution < 1.29 is 22.3 Å². The minimum absolute atomic E-state index is 0.0205. The molecule has 2 aliphatic heterocycles. The number of para-hydroxylation sites is 1. The summed E-state index contributed by atoms with van der Waals surface area (Å²) in [4.78, 5) is 17.1. The Morgan fingerprint density at radius 1 is 1.00 bits per heavy atom. The second-order valence-electron chi connectivity index (χ2n) is 8.14. The summed E-state index contributed by atoms with van der Waals surface area (Å²) in [6.07, 6.45) is 1.31. The average molecular weight is 462 g/mol. The van der Waals surface area contributed by atoms with E-state index in [1.54, 1.807) is 35.2 Å². The number of carbonyl (C=O) groups excluding carboxylic acids is 1. The molecule has 2 saturated heterocycles. The quantitative estimate of drug-likeness (QED) is 0.685. The number of piperazine rings is 1. The van der Waals surface area contributed by atoms with Crippen LogP contribution in [0.15, 0.2) is 53.4 Å². The van der Waals surface area contributed by atoms with E-state index in [1.165, 1.54) is 29.6 Å². The Balaban J connectivity index is 1.39. The fourth-order valence-electron chi connectivity index (χ4n) is 4.39. The maximum Gasteiger partial charge on any atom is 0.243 e. The summed E-state index contributed by atoms with van der Waals surface area (Å²) in [6, 6.07) is 12.9. The highest BCUT2D eigenvalue weighted by Gasteiger charge is 2.36. The molecule has 9 heteroatoms. The summed E-state index contributed by atoms with van der Waals surface area (Å²) in [6.45, 7) is 2.67. The Morgan fingerprint density at radius 2 is 1.69 bits per heavy atom. The van der Waals surface area contributed by atoms with Crippen LogP contribution in [-0.2, 0) is 14.8 Å². The molecule has 2 heterocycles. The van der Waals surface area contributed by atoms with E-state index in [9.17, 15) is 17.6 Å². The van der Waals surface area contributed by atoms with Gasteiger partial charge in [0.25, 0.3) is 0 Å². The molecule has 0 bridgehead atoms. The fourth-order valence-corrected chi connectivity index (χ4v) is 5.92. The van der Waals surface area contributed by atoms with Crippen molar-refractivity contribution in [2.45, 2.75) is 17.7 Å². The molecule has 4 rings (SSSR count). The molecule has 0 saturated carbocycles. The number of hydrogen-bond acceptors (Lipinski definition) is 5. The van der Waals surface area contributed by atoms with Crippen LogP contribution >= 0.6 is 0 Å². The minimum atomic E-state index is -3.68. The number of rotatable bonds is 5. The fraction of sp³-hybridized carbons (Fsp3) is 0.435. The molecule has 0 aliphatic carbocycles. The molecule has 1 amide bonds. The van der Waals surface area contributed by atoms with Gasteiger partial charge in [0.2, 0.25) is 15.9 Å². The molecule has 172 valence electrons. The summed E-state index contributed by atoms with van der Waals surface area (Å²) in [5, 5.41) is 0. The lowest BCUT2D eigenvalue weighted by atomic mass is 9.97. The van der Waals surface area contributed by atoms with Crippen LogP contribution in [0.2, 0.25) is 0 Å². The van der Waals surface area contributed by atoms with Gasteiger partial charge in [0.1, 0.15) is 11.6 Å². The molecule has 0 radical (unpaired) electrons. The molecule has 2 aliphatic rings. The zero-order valence-electron chi connectivity index (χ0n) is 18.1. The zero-order chi connectivity index (χ0) is 22.7. The third-order valence-electron chi connectivity index (χ3n) is 6.22. The van der Waals surface area contributed by atoms with Crippen molar-refractivity contribution in [1.82, 2.24) is 9.21 Å². The van der Waals surface area contributed by atoms with Gasteiger partial charge in [-0.3, -0.25) is 4.79 Å². The molecule has 1 atom stereocenters. The number of hydrogen-bond donors (Lipinski definition) is 0. The molecule has 0 N–H and O–H groups in total. The Labute approximate surface area is 188 Å². The number of anilines is 1. The molecular weight excluding hydrogens is 433 g/mol. The molecule has 2 fully saturated rings. The Kier molecular flexibility index (Phi) is 6.66. The van der Waals surface area contributed by atoms with Gasteiger partial charge in [-0.05, 0) is 49.2 Å². The molecule has 32 heavy (non-hydrogen) atoms. The molecular formula is C23H28FN3O4S. The predicted octanol–water partition coefficient (Wildman–Crippen LogP) is 2.58. The summed E-state index contributed by atoms with van der Waals surface area (Å²) in [7, 11) is -2.15. The number of piperidine rings is 1. The van der Waals surface area contributed by atoms with E-state index in [-0.39, 0.29) is 29.1 Å². The monoisotopic (exact) mass is 461 g/mol. The molecule has 0 spiro atoms. The zero-order valence-corrected chi connectivity index (χ0v) is 18.9. The molecule has 0 unspecified atom stereocenters. The Hall–Kier alpha value is -2.65.